The van der Waals surface area contributed by atoms with E-state index in [1.54, 1.807) is 23.1 Å². The highest BCUT2D eigenvalue weighted by atomic mass is 16.5. The second-order valence-electron chi connectivity index (χ2n) is 10.3. The third-order valence-electron chi connectivity index (χ3n) is 7.34. The zero-order valence-electron chi connectivity index (χ0n) is 22.7. The third-order valence-corrected chi connectivity index (χ3v) is 7.34. The number of anilines is 4. The Morgan fingerprint density at radius 3 is 2.68 bits per heavy atom. The summed E-state index contributed by atoms with van der Waals surface area (Å²) in [5.74, 6) is -0.162. The fraction of sp³-hybridized carbons (Fsp3) is 0.152. The number of carbonyl (C=O) groups is 2. The lowest BCUT2D eigenvalue weighted by Crippen LogP contribution is -2.32. The molecule has 0 saturated carbocycles. The molecule has 2 heterocycles. The number of aromatic nitrogens is 1. The topological polar surface area (TPSA) is 112 Å². The molecule has 6 rings (SSSR count). The number of nitrogens with one attached hydrogen (secondary N) is 3. The van der Waals surface area contributed by atoms with Gasteiger partial charge in [0.1, 0.15) is 6.61 Å². The maximum absolute atomic E-state index is 13.9. The standard InChI is InChI=1S/C33H31N5O3/c1-21-14-16-38(31-19-26(9-12-30(31)36-21)37-33(40)41-20-22-5-3-2-4-6-22)32(39)25-7-10-27(28(34)18-25)23-8-11-29-24(17-23)13-15-35-29/h2-13,15,17-19,21,35-36H,14,16,20,34H2,1H3,(H,37,40). The fourth-order valence-electron chi connectivity index (χ4n) is 5.16. The number of nitrogen functional groups attached to an aromatic ring is 1. The molecule has 1 aromatic heterocycles. The van der Waals surface area contributed by atoms with Gasteiger partial charge < -0.3 is 25.7 Å². The molecule has 1 atom stereocenters. The first kappa shape index (κ1) is 26.0. The van der Waals surface area contributed by atoms with Crippen LogP contribution in [0.3, 0.4) is 0 Å². The van der Waals surface area contributed by atoms with Crippen LogP contribution in [0.5, 0.6) is 0 Å². The van der Waals surface area contributed by atoms with Gasteiger partial charge in [0.05, 0.1) is 11.4 Å². The van der Waals surface area contributed by atoms with E-state index in [0.29, 0.717) is 29.2 Å². The van der Waals surface area contributed by atoms with Crippen molar-refractivity contribution in [2.24, 2.45) is 0 Å². The number of ether oxygens (including phenoxy) is 1. The summed E-state index contributed by atoms with van der Waals surface area (Å²) in [4.78, 5) is 31.3. The van der Waals surface area contributed by atoms with Gasteiger partial charge >= 0.3 is 6.09 Å². The average molecular weight is 546 g/mol. The van der Waals surface area contributed by atoms with Crippen LogP contribution in [0.2, 0.25) is 0 Å². The first-order valence-corrected chi connectivity index (χ1v) is 13.6. The van der Waals surface area contributed by atoms with Gasteiger partial charge in [-0.1, -0.05) is 42.5 Å². The van der Waals surface area contributed by atoms with Crippen LogP contribution in [-0.2, 0) is 11.3 Å². The molecule has 0 fully saturated rings. The van der Waals surface area contributed by atoms with Crippen molar-refractivity contribution in [1.29, 1.82) is 0 Å². The minimum atomic E-state index is -0.567. The van der Waals surface area contributed by atoms with Crippen LogP contribution in [0.4, 0.5) is 27.5 Å². The van der Waals surface area contributed by atoms with Gasteiger partial charge in [-0.3, -0.25) is 10.1 Å². The summed E-state index contributed by atoms with van der Waals surface area (Å²) in [5.41, 5.74) is 13.4. The highest BCUT2D eigenvalue weighted by Gasteiger charge is 2.26. The van der Waals surface area contributed by atoms with Crippen LogP contribution in [-0.4, -0.2) is 29.6 Å². The van der Waals surface area contributed by atoms with Crippen molar-refractivity contribution in [1.82, 2.24) is 4.98 Å². The lowest BCUT2D eigenvalue weighted by molar-refractivity contribution is 0.0987. The fourth-order valence-corrected chi connectivity index (χ4v) is 5.16. The van der Waals surface area contributed by atoms with Crippen LogP contribution < -0.4 is 21.3 Å². The quantitative estimate of drug-likeness (QED) is 0.177. The smallest absolute Gasteiger partial charge is 0.411 e. The molecular weight excluding hydrogens is 514 g/mol. The summed E-state index contributed by atoms with van der Waals surface area (Å²) >= 11 is 0. The van der Waals surface area contributed by atoms with Crippen molar-refractivity contribution in [3.63, 3.8) is 0 Å². The van der Waals surface area contributed by atoms with E-state index in [1.807, 2.05) is 72.9 Å². The minimum absolute atomic E-state index is 0.162. The Morgan fingerprint density at radius 2 is 1.85 bits per heavy atom. The van der Waals surface area contributed by atoms with E-state index >= 15 is 0 Å². The molecule has 0 aliphatic carbocycles. The number of H-pyrrole nitrogens is 1. The molecule has 0 radical (unpaired) electrons. The van der Waals surface area contributed by atoms with Gasteiger partial charge in [-0.05, 0) is 78.4 Å². The molecule has 8 nitrogen and oxygen atoms in total. The zero-order chi connectivity index (χ0) is 28.3. The van der Waals surface area contributed by atoms with Gasteiger partial charge in [0, 0.05) is 46.8 Å². The van der Waals surface area contributed by atoms with Crippen LogP contribution in [0.1, 0.15) is 29.3 Å². The molecule has 0 spiro atoms. The maximum atomic E-state index is 13.9. The van der Waals surface area contributed by atoms with Crippen LogP contribution in [0, 0.1) is 0 Å². The monoisotopic (exact) mass is 545 g/mol. The van der Waals surface area contributed by atoms with E-state index in [9.17, 15) is 9.59 Å². The molecule has 206 valence electrons. The summed E-state index contributed by atoms with van der Waals surface area (Å²) in [7, 11) is 0. The lowest BCUT2D eigenvalue weighted by Gasteiger charge is -2.24. The number of amides is 2. The lowest BCUT2D eigenvalue weighted by atomic mass is 10.00. The van der Waals surface area contributed by atoms with Gasteiger partial charge in [-0.25, -0.2) is 4.79 Å². The molecule has 4 aromatic carbocycles. The Hall–Kier alpha value is -5.24. The number of rotatable bonds is 5. The van der Waals surface area contributed by atoms with Gasteiger partial charge in [0.25, 0.3) is 5.91 Å². The number of hydrogen-bond donors (Lipinski definition) is 4. The number of nitrogens with zero attached hydrogens (tertiary/aromatic N) is 1. The van der Waals surface area contributed by atoms with Gasteiger partial charge in [0.2, 0.25) is 0 Å². The Bertz CT molecular complexity index is 1730. The highest BCUT2D eigenvalue weighted by Crippen LogP contribution is 2.35. The second kappa shape index (κ2) is 11.1. The van der Waals surface area contributed by atoms with E-state index in [2.05, 4.69) is 28.6 Å². The average Bonchev–Trinajstić information content (AvgIpc) is 3.39. The highest BCUT2D eigenvalue weighted by molar-refractivity contribution is 6.09. The molecule has 2 amide bonds. The van der Waals surface area contributed by atoms with Gasteiger partial charge in [0.15, 0.2) is 0 Å². The van der Waals surface area contributed by atoms with E-state index in [-0.39, 0.29) is 18.6 Å². The van der Waals surface area contributed by atoms with Crippen LogP contribution >= 0.6 is 0 Å². The number of carbonyl (C=O) groups excluding carboxylic acids is 2. The van der Waals surface area contributed by atoms with Crippen LogP contribution in [0.25, 0.3) is 22.0 Å². The summed E-state index contributed by atoms with van der Waals surface area (Å²) in [5, 5.41) is 7.36. The normalized spacial score (nSPS) is 14.6. The number of nitrogens with two attached hydrogens (primary N) is 1. The molecular formula is C33H31N5O3. The van der Waals surface area contributed by atoms with Gasteiger partial charge in [-0.2, -0.15) is 0 Å². The Morgan fingerprint density at radius 1 is 1.00 bits per heavy atom. The van der Waals surface area contributed by atoms with E-state index in [1.165, 1.54) is 0 Å². The zero-order valence-corrected chi connectivity index (χ0v) is 22.7. The van der Waals surface area contributed by atoms with Crippen molar-refractivity contribution in [3.8, 4) is 11.1 Å². The minimum Gasteiger partial charge on any atom is -0.444 e. The molecule has 1 aliphatic rings. The third kappa shape index (κ3) is 5.58. The summed E-state index contributed by atoms with van der Waals surface area (Å²) in [6.45, 7) is 2.75. The van der Waals surface area contributed by atoms with E-state index in [0.717, 1.165) is 39.7 Å². The Labute approximate surface area is 238 Å². The van der Waals surface area contributed by atoms with Crippen molar-refractivity contribution in [2.75, 3.05) is 27.8 Å². The number of fused-ring (bicyclic) bond motifs is 2. The second-order valence-corrected chi connectivity index (χ2v) is 10.3. The summed E-state index contributed by atoms with van der Waals surface area (Å²) in [6, 6.07) is 28.7. The molecule has 41 heavy (non-hydrogen) atoms. The SMILES string of the molecule is CC1CCN(C(=O)c2ccc(-c3ccc4[nH]ccc4c3)c(N)c2)c2cc(NC(=O)OCc3ccccc3)ccc2N1. The van der Waals surface area contributed by atoms with Crippen molar-refractivity contribution in [2.45, 2.75) is 26.0 Å². The summed E-state index contributed by atoms with van der Waals surface area (Å²) < 4.78 is 5.38. The number of benzene rings is 4. The molecule has 8 heteroatoms. The van der Waals surface area contributed by atoms with Gasteiger partial charge in [-0.15, -0.1) is 0 Å². The van der Waals surface area contributed by atoms with Crippen molar-refractivity contribution >= 4 is 45.7 Å². The first-order chi connectivity index (χ1) is 19.9. The van der Waals surface area contributed by atoms with E-state index < -0.39 is 6.09 Å². The number of hydrogen-bond acceptors (Lipinski definition) is 5. The summed E-state index contributed by atoms with van der Waals surface area (Å²) in [6.07, 6.45) is 2.10. The molecule has 1 aliphatic heterocycles. The van der Waals surface area contributed by atoms with Crippen LogP contribution in [0.15, 0.2) is 97.2 Å². The largest absolute Gasteiger partial charge is 0.444 e. The Kier molecular flexibility index (Phi) is 7.04. The predicted octanol–water partition coefficient (Wildman–Crippen LogP) is 7.02. The van der Waals surface area contributed by atoms with Crippen molar-refractivity contribution in [3.05, 3.63) is 108 Å². The molecule has 1 unspecified atom stereocenters. The Balaban J connectivity index is 1.24. The van der Waals surface area contributed by atoms with E-state index in [4.69, 9.17) is 10.5 Å². The molecule has 0 saturated heterocycles. The molecule has 0 bridgehead atoms. The first-order valence-electron chi connectivity index (χ1n) is 13.6. The number of aromatic amines is 1. The van der Waals surface area contributed by atoms with Crippen molar-refractivity contribution < 1.29 is 14.3 Å². The predicted molar refractivity (Wildman–Crippen MR) is 164 cm³/mol. The molecule has 5 N–H and O–H groups in total. The maximum Gasteiger partial charge on any atom is 0.411 e. The molecule has 5 aromatic rings.